The Morgan fingerprint density at radius 3 is 2.26 bits per heavy atom. The minimum Gasteiger partial charge on any atom is -0.444 e. The van der Waals surface area contributed by atoms with Crippen molar-refractivity contribution in [3.8, 4) is 0 Å². The van der Waals surface area contributed by atoms with Gasteiger partial charge in [-0.25, -0.2) is 13.2 Å². The van der Waals surface area contributed by atoms with Gasteiger partial charge in [0.1, 0.15) is 16.2 Å². The maximum atomic E-state index is 13.1. The van der Waals surface area contributed by atoms with Crippen LogP contribution in [0.3, 0.4) is 0 Å². The Labute approximate surface area is 183 Å². The molecule has 1 atom stereocenters. The molecule has 1 aromatic rings. The van der Waals surface area contributed by atoms with Crippen LogP contribution in [0.4, 0.5) is 4.79 Å². The first-order valence-electron chi connectivity index (χ1n) is 10.6. The third kappa shape index (κ3) is 5.20. The summed E-state index contributed by atoms with van der Waals surface area (Å²) in [6.07, 6.45) is 1.03. The van der Waals surface area contributed by atoms with E-state index >= 15 is 0 Å². The average molecular weight is 457 g/mol. The Morgan fingerprint density at radius 2 is 1.71 bits per heavy atom. The molecule has 3 rings (SSSR count). The monoisotopic (exact) mass is 456 g/mol. The first kappa shape index (κ1) is 23.5. The predicted octanol–water partition coefficient (Wildman–Crippen LogP) is 1.77. The number of likely N-dealkylation sites (tertiary alicyclic amines) is 1. The lowest BCUT2D eigenvalue weighted by atomic mass is 9.96. The fourth-order valence-electron chi connectivity index (χ4n) is 4.05. The number of sulfonamides is 1. The Morgan fingerprint density at radius 1 is 1.06 bits per heavy atom. The molecule has 174 valence electrons. The Kier molecular flexibility index (Phi) is 6.66. The van der Waals surface area contributed by atoms with Gasteiger partial charge in [-0.1, -0.05) is 5.16 Å². The predicted molar refractivity (Wildman–Crippen MR) is 112 cm³/mol. The molecule has 2 amide bonds. The van der Waals surface area contributed by atoms with Crippen molar-refractivity contribution in [2.24, 2.45) is 5.92 Å². The molecular weight excluding hydrogens is 424 g/mol. The molecule has 2 aliphatic rings. The third-order valence-corrected chi connectivity index (χ3v) is 7.68. The first-order valence-corrected chi connectivity index (χ1v) is 12.0. The lowest BCUT2D eigenvalue weighted by molar-refractivity contribution is -0.138. The smallest absolute Gasteiger partial charge is 0.410 e. The summed E-state index contributed by atoms with van der Waals surface area (Å²) in [6.45, 7) is 10.5. The number of carbonyl (C=O) groups excluding carboxylic acids is 2. The highest BCUT2D eigenvalue weighted by Gasteiger charge is 2.37. The van der Waals surface area contributed by atoms with E-state index in [2.05, 4.69) is 5.16 Å². The zero-order valence-electron chi connectivity index (χ0n) is 18.9. The van der Waals surface area contributed by atoms with E-state index in [4.69, 9.17) is 9.26 Å². The molecular formula is C20H32N4O6S. The van der Waals surface area contributed by atoms with Gasteiger partial charge in [-0.2, -0.15) is 4.31 Å². The number of hydrogen-bond donors (Lipinski definition) is 0. The fourth-order valence-corrected chi connectivity index (χ4v) is 5.76. The van der Waals surface area contributed by atoms with Crippen molar-refractivity contribution in [1.82, 2.24) is 19.3 Å². The van der Waals surface area contributed by atoms with Crippen molar-refractivity contribution >= 4 is 22.0 Å². The summed E-state index contributed by atoms with van der Waals surface area (Å²) >= 11 is 0. The van der Waals surface area contributed by atoms with E-state index in [-0.39, 0.29) is 35.6 Å². The molecule has 2 saturated heterocycles. The SMILES string of the molecule is Cc1noc(C)c1S(=O)(=O)N1CCN(C(=O)[C@H]2CCCN(C(=O)OC(C)(C)C)C2)CC1. The summed E-state index contributed by atoms with van der Waals surface area (Å²) in [5, 5.41) is 3.74. The number of piperazine rings is 1. The molecule has 0 aliphatic carbocycles. The standard InChI is InChI=1S/C20H32N4O6S/c1-14-17(15(2)30-21-14)31(27,28)24-11-9-22(10-12-24)18(25)16-7-6-8-23(13-16)19(26)29-20(3,4)5/h16H,6-13H2,1-5H3/t16-/m0/s1. The van der Waals surface area contributed by atoms with Crippen molar-refractivity contribution in [2.45, 2.75) is 58.0 Å². The van der Waals surface area contributed by atoms with Crippen molar-refractivity contribution in [3.05, 3.63) is 11.5 Å². The van der Waals surface area contributed by atoms with Crippen LogP contribution in [0.1, 0.15) is 45.1 Å². The topological polar surface area (TPSA) is 113 Å². The molecule has 2 fully saturated rings. The minimum atomic E-state index is -3.72. The van der Waals surface area contributed by atoms with E-state index < -0.39 is 21.7 Å². The maximum absolute atomic E-state index is 13.1. The van der Waals surface area contributed by atoms with Gasteiger partial charge in [0.25, 0.3) is 0 Å². The fraction of sp³-hybridized carbons (Fsp3) is 0.750. The van der Waals surface area contributed by atoms with Crippen LogP contribution in [0.25, 0.3) is 0 Å². The number of aromatic nitrogens is 1. The number of ether oxygens (including phenoxy) is 1. The van der Waals surface area contributed by atoms with Gasteiger partial charge in [0.2, 0.25) is 15.9 Å². The summed E-state index contributed by atoms with van der Waals surface area (Å²) in [5.74, 6) is -0.0740. The molecule has 0 unspecified atom stereocenters. The van der Waals surface area contributed by atoms with E-state index in [1.165, 1.54) is 4.31 Å². The Hall–Kier alpha value is -2.14. The second-order valence-corrected chi connectivity index (χ2v) is 11.0. The van der Waals surface area contributed by atoms with Gasteiger partial charge in [-0.3, -0.25) is 4.79 Å². The second kappa shape index (κ2) is 8.78. The zero-order valence-corrected chi connectivity index (χ0v) is 19.7. The van der Waals surface area contributed by atoms with Gasteiger partial charge in [0.15, 0.2) is 5.76 Å². The molecule has 10 nitrogen and oxygen atoms in total. The van der Waals surface area contributed by atoms with Crippen LogP contribution < -0.4 is 0 Å². The van der Waals surface area contributed by atoms with Crippen LogP contribution in [0.2, 0.25) is 0 Å². The molecule has 0 spiro atoms. The molecule has 31 heavy (non-hydrogen) atoms. The van der Waals surface area contributed by atoms with E-state index in [0.29, 0.717) is 38.3 Å². The van der Waals surface area contributed by atoms with Crippen LogP contribution in [0.15, 0.2) is 9.42 Å². The minimum absolute atomic E-state index is 0.0392. The van der Waals surface area contributed by atoms with Crippen molar-refractivity contribution in [3.63, 3.8) is 0 Å². The number of rotatable bonds is 3. The van der Waals surface area contributed by atoms with Crippen LogP contribution in [0.5, 0.6) is 0 Å². The normalized spacial score (nSPS) is 21.3. The first-order chi connectivity index (χ1) is 14.4. The van der Waals surface area contributed by atoms with Gasteiger partial charge in [0.05, 0.1) is 5.92 Å². The molecule has 11 heteroatoms. The lowest BCUT2D eigenvalue weighted by Gasteiger charge is -2.38. The highest BCUT2D eigenvalue weighted by molar-refractivity contribution is 7.89. The van der Waals surface area contributed by atoms with E-state index in [9.17, 15) is 18.0 Å². The number of aryl methyl sites for hydroxylation is 2. The lowest BCUT2D eigenvalue weighted by Crippen LogP contribution is -2.54. The molecule has 0 N–H and O–H groups in total. The molecule has 0 saturated carbocycles. The van der Waals surface area contributed by atoms with Crippen LogP contribution in [-0.4, -0.2) is 84.5 Å². The summed E-state index contributed by atoms with van der Waals surface area (Å²) < 4.78 is 37.7. The molecule has 3 heterocycles. The number of carbonyl (C=O) groups is 2. The average Bonchev–Trinajstić information content (AvgIpc) is 3.05. The molecule has 0 bridgehead atoms. The van der Waals surface area contributed by atoms with Crippen molar-refractivity contribution in [1.29, 1.82) is 0 Å². The van der Waals surface area contributed by atoms with Crippen LogP contribution in [0, 0.1) is 19.8 Å². The summed E-state index contributed by atoms with van der Waals surface area (Å²) in [7, 11) is -3.72. The van der Waals surface area contributed by atoms with Gasteiger partial charge in [-0.05, 0) is 47.5 Å². The summed E-state index contributed by atoms with van der Waals surface area (Å²) in [6, 6.07) is 0. The van der Waals surface area contributed by atoms with Crippen molar-refractivity contribution < 1.29 is 27.3 Å². The molecule has 1 aromatic heterocycles. The summed E-state index contributed by atoms with van der Waals surface area (Å²) in [5.41, 5.74) is -0.252. The van der Waals surface area contributed by atoms with Gasteiger partial charge in [0, 0.05) is 39.3 Å². The number of hydrogen-bond acceptors (Lipinski definition) is 7. The Balaban J connectivity index is 1.59. The second-order valence-electron chi connectivity index (χ2n) is 9.15. The zero-order chi connectivity index (χ0) is 23.0. The molecule has 0 aromatic carbocycles. The highest BCUT2D eigenvalue weighted by atomic mass is 32.2. The van der Waals surface area contributed by atoms with Crippen LogP contribution in [-0.2, 0) is 19.6 Å². The Bertz CT molecular complexity index is 908. The quantitative estimate of drug-likeness (QED) is 0.681. The van der Waals surface area contributed by atoms with Crippen LogP contribution >= 0.6 is 0 Å². The summed E-state index contributed by atoms with van der Waals surface area (Å²) in [4.78, 5) is 28.8. The highest BCUT2D eigenvalue weighted by Crippen LogP contribution is 2.26. The van der Waals surface area contributed by atoms with Crippen molar-refractivity contribution in [2.75, 3.05) is 39.3 Å². The molecule has 2 aliphatic heterocycles. The maximum Gasteiger partial charge on any atom is 0.410 e. The number of nitrogens with zero attached hydrogens (tertiary/aromatic N) is 4. The largest absolute Gasteiger partial charge is 0.444 e. The van der Waals surface area contributed by atoms with E-state index in [1.807, 2.05) is 20.8 Å². The number of piperidine rings is 1. The van der Waals surface area contributed by atoms with E-state index in [0.717, 1.165) is 6.42 Å². The molecule has 0 radical (unpaired) electrons. The number of amides is 2. The van der Waals surface area contributed by atoms with Gasteiger partial charge < -0.3 is 19.1 Å². The van der Waals surface area contributed by atoms with Gasteiger partial charge >= 0.3 is 6.09 Å². The third-order valence-electron chi connectivity index (χ3n) is 5.54. The van der Waals surface area contributed by atoms with Gasteiger partial charge in [-0.15, -0.1) is 0 Å². The van der Waals surface area contributed by atoms with E-state index in [1.54, 1.807) is 23.6 Å².